The molecule has 0 aliphatic heterocycles. The highest BCUT2D eigenvalue weighted by molar-refractivity contribution is 6.30. The van der Waals surface area contributed by atoms with E-state index in [9.17, 15) is 14.7 Å². The number of hydrazone groups is 1. The monoisotopic (exact) mass is 294 g/mol. The number of H-pyrrole nitrogens is 2. The smallest absolute Gasteiger partial charge is 0.328 e. The molecule has 0 atom stereocenters. The van der Waals surface area contributed by atoms with E-state index < -0.39 is 17.1 Å². The number of nitrogens with zero attached hydrogens (tertiary/aromatic N) is 1. The van der Waals surface area contributed by atoms with Crippen LogP contribution in [0.4, 0.5) is 5.69 Å². The molecule has 2 rings (SSSR count). The molecule has 1 heterocycles. The summed E-state index contributed by atoms with van der Waals surface area (Å²) in [6.07, 6.45) is 0. The fourth-order valence-electron chi connectivity index (χ4n) is 1.54. The summed E-state index contributed by atoms with van der Waals surface area (Å²) in [6, 6.07) is 6.77. The van der Waals surface area contributed by atoms with Crippen LogP contribution in [0.1, 0.15) is 12.5 Å². The number of rotatable bonds is 3. The number of benzene rings is 1. The van der Waals surface area contributed by atoms with Crippen molar-refractivity contribution >= 4 is 23.0 Å². The van der Waals surface area contributed by atoms with Gasteiger partial charge >= 0.3 is 5.69 Å². The minimum Gasteiger partial charge on any atom is -0.494 e. The molecule has 0 aliphatic rings. The fraction of sp³-hybridized carbons (Fsp3) is 0.0833. The average Bonchev–Trinajstić information content (AvgIpc) is 2.37. The van der Waals surface area contributed by atoms with Crippen LogP contribution < -0.4 is 16.7 Å². The highest BCUT2D eigenvalue weighted by Crippen LogP contribution is 2.14. The van der Waals surface area contributed by atoms with E-state index in [0.717, 1.165) is 0 Å². The van der Waals surface area contributed by atoms with Gasteiger partial charge in [-0.1, -0.05) is 11.6 Å². The molecule has 0 saturated carbocycles. The van der Waals surface area contributed by atoms with Crippen LogP contribution in [0.2, 0.25) is 5.02 Å². The van der Waals surface area contributed by atoms with Crippen molar-refractivity contribution in [1.29, 1.82) is 0 Å². The minimum atomic E-state index is -0.783. The van der Waals surface area contributed by atoms with Gasteiger partial charge in [-0.05, 0) is 31.2 Å². The Kier molecular flexibility index (Phi) is 3.90. The lowest BCUT2D eigenvalue weighted by molar-refractivity contribution is 0.447. The van der Waals surface area contributed by atoms with Gasteiger partial charge in [0.1, 0.15) is 5.56 Å². The number of anilines is 1. The summed E-state index contributed by atoms with van der Waals surface area (Å²) < 4.78 is 0. The molecule has 0 fully saturated rings. The van der Waals surface area contributed by atoms with Crippen LogP contribution in [0.5, 0.6) is 5.88 Å². The molecule has 0 amide bonds. The average molecular weight is 295 g/mol. The number of halogens is 1. The van der Waals surface area contributed by atoms with E-state index in [1.807, 2.05) is 4.98 Å². The first-order valence-electron chi connectivity index (χ1n) is 5.59. The maximum atomic E-state index is 11.6. The molecule has 0 saturated heterocycles. The van der Waals surface area contributed by atoms with Gasteiger partial charge < -0.3 is 5.11 Å². The van der Waals surface area contributed by atoms with Gasteiger partial charge in [0.25, 0.3) is 5.56 Å². The highest BCUT2D eigenvalue weighted by Gasteiger charge is 2.11. The molecular formula is C12H11ClN4O3. The Morgan fingerprint density at radius 2 is 1.90 bits per heavy atom. The first-order valence-corrected chi connectivity index (χ1v) is 5.97. The van der Waals surface area contributed by atoms with Crippen molar-refractivity contribution in [3.63, 3.8) is 0 Å². The van der Waals surface area contributed by atoms with Gasteiger partial charge in [0.05, 0.1) is 11.4 Å². The Labute approximate surface area is 117 Å². The zero-order valence-corrected chi connectivity index (χ0v) is 11.2. The second-order valence-electron chi connectivity index (χ2n) is 3.95. The second kappa shape index (κ2) is 5.62. The van der Waals surface area contributed by atoms with E-state index in [-0.39, 0.29) is 11.3 Å². The Morgan fingerprint density at radius 1 is 1.25 bits per heavy atom. The van der Waals surface area contributed by atoms with Crippen molar-refractivity contribution in [2.45, 2.75) is 6.92 Å². The van der Waals surface area contributed by atoms with Crippen LogP contribution in [0.3, 0.4) is 0 Å². The van der Waals surface area contributed by atoms with Gasteiger partial charge in [0.2, 0.25) is 5.88 Å². The van der Waals surface area contributed by atoms with Crippen molar-refractivity contribution in [2.24, 2.45) is 5.10 Å². The molecule has 104 valence electrons. The molecule has 8 heteroatoms. The normalized spacial score (nSPS) is 11.4. The molecule has 0 bridgehead atoms. The maximum absolute atomic E-state index is 11.6. The summed E-state index contributed by atoms with van der Waals surface area (Å²) in [7, 11) is 0. The summed E-state index contributed by atoms with van der Waals surface area (Å²) >= 11 is 5.75. The zero-order chi connectivity index (χ0) is 14.7. The first kappa shape index (κ1) is 13.9. The lowest BCUT2D eigenvalue weighted by Crippen LogP contribution is -2.27. The number of aromatic nitrogens is 2. The predicted octanol–water partition coefficient (Wildman–Crippen LogP) is 1.26. The second-order valence-corrected chi connectivity index (χ2v) is 4.38. The van der Waals surface area contributed by atoms with Gasteiger partial charge in [-0.2, -0.15) is 5.10 Å². The topological polar surface area (TPSA) is 110 Å². The van der Waals surface area contributed by atoms with Gasteiger partial charge in [-0.3, -0.25) is 20.2 Å². The molecule has 0 spiro atoms. The largest absolute Gasteiger partial charge is 0.494 e. The molecule has 0 aliphatic carbocycles. The molecule has 7 nitrogen and oxygen atoms in total. The SMILES string of the molecule is C/C(=N\Nc1ccc(Cl)cc1)c1c(O)[nH]c(=O)[nH]c1=O. The van der Waals surface area contributed by atoms with E-state index in [4.69, 9.17) is 11.6 Å². The van der Waals surface area contributed by atoms with Crippen LogP contribution in [-0.4, -0.2) is 20.8 Å². The quantitative estimate of drug-likeness (QED) is 0.504. The number of hydrogen-bond donors (Lipinski definition) is 4. The lowest BCUT2D eigenvalue weighted by atomic mass is 10.2. The molecule has 1 aromatic heterocycles. The minimum absolute atomic E-state index is 0.105. The summed E-state index contributed by atoms with van der Waals surface area (Å²) in [4.78, 5) is 26.7. The third-order valence-electron chi connectivity index (χ3n) is 2.48. The molecule has 1 aromatic carbocycles. The van der Waals surface area contributed by atoms with E-state index in [1.165, 1.54) is 6.92 Å². The van der Waals surface area contributed by atoms with Gasteiger partial charge in [0.15, 0.2) is 0 Å². The number of aromatic amines is 2. The van der Waals surface area contributed by atoms with E-state index in [1.54, 1.807) is 24.3 Å². The molecular weight excluding hydrogens is 284 g/mol. The molecule has 4 N–H and O–H groups in total. The van der Waals surface area contributed by atoms with E-state index >= 15 is 0 Å². The van der Waals surface area contributed by atoms with Crippen molar-refractivity contribution < 1.29 is 5.11 Å². The van der Waals surface area contributed by atoms with Gasteiger partial charge in [-0.25, -0.2) is 4.79 Å². The summed E-state index contributed by atoms with van der Waals surface area (Å²) in [5.74, 6) is -0.530. The van der Waals surface area contributed by atoms with Gasteiger partial charge in [-0.15, -0.1) is 0 Å². The number of hydrogen-bond acceptors (Lipinski definition) is 5. The Balaban J connectivity index is 2.29. The Bertz CT molecular complexity index is 762. The van der Waals surface area contributed by atoms with Crippen molar-refractivity contribution in [1.82, 2.24) is 9.97 Å². The van der Waals surface area contributed by atoms with Crippen LogP contribution in [0.25, 0.3) is 0 Å². The number of nitrogens with one attached hydrogen (secondary N) is 3. The van der Waals surface area contributed by atoms with E-state index in [0.29, 0.717) is 10.7 Å². The van der Waals surface area contributed by atoms with Crippen LogP contribution in [-0.2, 0) is 0 Å². The van der Waals surface area contributed by atoms with Crippen LogP contribution in [0, 0.1) is 0 Å². The van der Waals surface area contributed by atoms with Crippen molar-refractivity contribution in [3.8, 4) is 5.88 Å². The Morgan fingerprint density at radius 3 is 2.50 bits per heavy atom. The molecule has 0 radical (unpaired) electrons. The summed E-state index contributed by atoms with van der Waals surface area (Å²) in [5, 5.41) is 14.1. The van der Waals surface area contributed by atoms with Crippen molar-refractivity contribution in [2.75, 3.05) is 5.43 Å². The Hall–Kier alpha value is -2.54. The summed E-state index contributed by atoms with van der Waals surface area (Å²) in [5.41, 5.74) is 1.99. The molecule has 2 aromatic rings. The van der Waals surface area contributed by atoms with E-state index in [2.05, 4.69) is 15.5 Å². The maximum Gasteiger partial charge on any atom is 0.328 e. The summed E-state index contributed by atoms with van der Waals surface area (Å²) in [6.45, 7) is 1.52. The molecule has 0 unspecified atom stereocenters. The fourth-order valence-corrected chi connectivity index (χ4v) is 1.66. The zero-order valence-electron chi connectivity index (χ0n) is 10.4. The van der Waals surface area contributed by atoms with Gasteiger partial charge in [0, 0.05) is 5.02 Å². The van der Waals surface area contributed by atoms with Crippen molar-refractivity contribution in [3.05, 3.63) is 55.7 Å². The third kappa shape index (κ3) is 3.07. The highest BCUT2D eigenvalue weighted by atomic mass is 35.5. The van der Waals surface area contributed by atoms with Crippen LogP contribution in [0.15, 0.2) is 39.0 Å². The predicted molar refractivity (Wildman–Crippen MR) is 76.6 cm³/mol. The van der Waals surface area contributed by atoms with Crippen LogP contribution >= 0.6 is 11.6 Å². The molecule has 20 heavy (non-hydrogen) atoms. The standard InChI is InChI=1S/C12H11ClN4O3/c1-6(9-10(18)14-12(20)15-11(9)19)16-17-8-4-2-7(13)3-5-8/h2-5,17H,1H3,(H3,14,15,18,19,20)/b16-6+. The number of aromatic hydroxyl groups is 1. The lowest BCUT2D eigenvalue weighted by Gasteiger charge is -2.04. The third-order valence-corrected chi connectivity index (χ3v) is 2.73. The first-order chi connectivity index (χ1) is 9.47.